The first-order chi connectivity index (χ1) is 9.58. The van der Waals surface area contributed by atoms with Crippen molar-refractivity contribution in [3.05, 3.63) is 63.8 Å². The van der Waals surface area contributed by atoms with E-state index >= 15 is 0 Å². The van der Waals surface area contributed by atoms with E-state index in [9.17, 15) is 9.59 Å². The average Bonchev–Trinajstić information content (AvgIpc) is 2.40. The van der Waals surface area contributed by atoms with Crippen LogP contribution in [0.1, 0.15) is 21.5 Å². The van der Waals surface area contributed by atoms with Crippen molar-refractivity contribution in [3.63, 3.8) is 0 Å². The topological polar surface area (TPSA) is 64.0 Å². The number of nitrogens with one attached hydrogen (secondary N) is 1. The number of nitrogens with zero attached hydrogens (tertiary/aromatic N) is 2. The molecule has 0 aliphatic heterocycles. The Balaban J connectivity index is 1.96. The number of rotatable bonds is 4. The van der Waals surface area contributed by atoms with Crippen LogP contribution in [0.25, 0.3) is 0 Å². The molecule has 0 spiro atoms. The maximum atomic E-state index is 12.0. The summed E-state index contributed by atoms with van der Waals surface area (Å²) in [5.41, 5.74) is 2.61. The van der Waals surface area contributed by atoms with E-state index in [1.807, 2.05) is 32.0 Å². The van der Waals surface area contributed by atoms with Gasteiger partial charge in [0.15, 0.2) is 0 Å². The zero-order valence-electron chi connectivity index (χ0n) is 11.6. The lowest BCUT2D eigenvalue weighted by Gasteiger charge is -2.09. The van der Waals surface area contributed by atoms with Crippen molar-refractivity contribution in [1.29, 1.82) is 0 Å². The van der Waals surface area contributed by atoms with Crippen molar-refractivity contribution in [2.75, 3.05) is 6.54 Å². The molecule has 2 aromatic rings. The number of amides is 1. The molecule has 0 atom stereocenters. The van der Waals surface area contributed by atoms with Crippen LogP contribution in [0.4, 0.5) is 0 Å². The molecule has 0 aliphatic carbocycles. The summed E-state index contributed by atoms with van der Waals surface area (Å²) in [4.78, 5) is 27.4. The van der Waals surface area contributed by atoms with Crippen LogP contribution in [0.5, 0.6) is 0 Å². The summed E-state index contributed by atoms with van der Waals surface area (Å²) < 4.78 is 1.46. The van der Waals surface area contributed by atoms with Crippen molar-refractivity contribution in [2.45, 2.75) is 20.4 Å². The monoisotopic (exact) mass is 271 g/mol. The predicted octanol–water partition coefficient (Wildman–Crippen LogP) is 1.29. The smallest absolute Gasteiger partial charge is 0.253 e. The highest BCUT2D eigenvalue weighted by Gasteiger charge is 2.08. The molecule has 0 unspecified atom stereocenters. The molecule has 1 amide bonds. The number of carbonyl (C=O) groups excluding carboxylic acids is 1. The Hall–Kier alpha value is -2.43. The third-order valence-corrected chi connectivity index (χ3v) is 3.06. The zero-order chi connectivity index (χ0) is 14.5. The lowest BCUT2D eigenvalue weighted by Crippen LogP contribution is -2.31. The summed E-state index contributed by atoms with van der Waals surface area (Å²) in [7, 11) is 0. The molecule has 0 fully saturated rings. The van der Waals surface area contributed by atoms with E-state index in [2.05, 4.69) is 10.3 Å². The molecule has 2 rings (SSSR count). The zero-order valence-corrected chi connectivity index (χ0v) is 11.6. The second kappa shape index (κ2) is 6.14. The Morgan fingerprint density at radius 3 is 2.80 bits per heavy atom. The lowest BCUT2D eigenvalue weighted by molar-refractivity contribution is 0.0951. The number of aromatic nitrogens is 2. The van der Waals surface area contributed by atoms with Crippen LogP contribution in [0.15, 0.2) is 41.6 Å². The molecule has 0 aliphatic rings. The molecule has 1 aromatic carbocycles. The van der Waals surface area contributed by atoms with Crippen molar-refractivity contribution in [2.24, 2.45) is 0 Å². The Labute approximate surface area is 117 Å². The highest BCUT2D eigenvalue weighted by atomic mass is 16.1. The van der Waals surface area contributed by atoms with Gasteiger partial charge in [0.1, 0.15) is 0 Å². The predicted molar refractivity (Wildman–Crippen MR) is 76.7 cm³/mol. The molecule has 1 aromatic heterocycles. The summed E-state index contributed by atoms with van der Waals surface area (Å²) in [6.07, 6.45) is 2.92. The summed E-state index contributed by atoms with van der Waals surface area (Å²) >= 11 is 0. The highest BCUT2D eigenvalue weighted by molar-refractivity contribution is 5.95. The second-order valence-electron chi connectivity index (χ2n) is 4.69. The number of benzene rings is 1. The first-order valence-corrected chi connectivity index (χ1v) is 6.44. The van der Waals surface area contributed by atoms with Crippen LogP contribution >= 0.6 is 0 Å². The highest BCUT2D eigenvalue weighted by Crippen LogP contribution is 2.10. The number of hydrogen-bond donors (Lipinski definition) is 1. The molecule has 5 nitrogen and oxygen atoms in total. The quantitative estimate of drug-likeness (QED) is 0.911. The fourth-order valence-electron chi connectivity index (χ4n) is 2.00. The fraction of sp³-hybridized carbons (Fsp3) is 0.267. The van der Waals surface area contributed by atoms with E-state index < -0.39 is 0 Å². The molecule has 20 heavy (non-hydrogen) atoms. The van der Waals surface area contributed by atoms with E-state index in [1.54, 1.807) is 0 Å². The van der Waals surface area contributed by atoms with Gasteiger partial charge in [0.2, 0.25) is 0 Å². The van der Waals surface area contributed by atoms with Gasteiger partial charge in [-0.25, -0.2) is 4.98 Å². The van der Waals surface area contributed by atoms with Crippen LogP contribution in [0.3, 0.4) is 0 Å². The van der Waals surface area contributed by atoms with Gasteiger partial charge in [0.25, 0.3) is 11.5 Å². The first kappa shape index (κ1) is 14.0. The summed E-state index contributed by atoms with van der Waals surface area (Å²) in [5.74, 6) is -0.126. The molecule has 0 radical (unpaired) electrons. The Morgan fingerprint density at radius 2 is 2.10 bits per heavy atom. The van der Waals surface area contributed by atoms with Crippen molar-refractivity contribution in [3.8, 4) is 0 Å². The Kier molecular flexibility index (Phi) is 4.30. The molecule has 1 heterocycles. The summed E-state index contributed by atoms with van der Waals surface area (Å²) in [6, 6.07) is 7.09. The van der Waals surface area contributed by atoms with Crippen LogP contribution in [-0.4, -0.2) is 22.0 Å². The van der Waals surface area contributed by atoms with E-state index in [1.165, 1.54) is 23.2 Å². The SMILES string of the molecule is Cc1ccc(C(=O)NCCn2cnccc2=O)c(C)c1. The maximum Gasteiger partial charge on any atom is 0.253 e. The number of aryl methyl sites for hydroxylation is 2. The van der Waals surface area contributed by atoms with Crippen LogP contribution in [0, 0.1) is 13.8 Å². The van der Waals surface area contributed by atoms with E-state index in [0.29, 0.717) is 18.7 Å². The number of hydrogen-bond acceptors (Lipinski definition) is 3. The first-order valence-electron chi connectivity index (χ1n) is 6.44. The molecular weight excluding hydrogens is 254 g/mol. The number of carbonyl (C=O) groups is 1. The minimum atomic E-state index is -0.126. The third kappa shape index (κ3) is 3.32. The largest absolute Gasteiger partial charge is 0.350 e. The third-order valence-electron chi connectivity index (χ3n) is 3.06. The minimum Gasteiger partial charge on any atom is -0.350 e. The van der Waals surface area contributed by atoms with Gasteiger partial charge in [-0.05, 0) is 25.5 Å². The average molecular weight is 271 g/mol. The Morgan fingerprint density at radius 1 is 1.30 bits per heavy atom. The Bertz CT molecular complexity index is 677. The van der Waals surface area contributed by atoms with Gasteiger partial charge in [-0.3, -0.25) is 14.2 Å². The summed E-state index contributed by atoms with van der Waals surface area (Å²) in [6.45, 7) is 4.69. The van der Waals surface area contributed by atoms with E-state index in [4.69, 9.17) is 0 Å². The van der Waals surface area contributed by atoms with Gasteiger partial charge < -0.3 is 5.32 Å². The van der Waals surface area contributed by atoms with Gasteiger partial charge in [0, 0.05) is 30.9 Å². The van der Waals surface area contributed by atoms with E-state index in [-0.39, 0.29) is 11.5 Å². The molecule has 0 bridgehead atoms. The van der Waals surface area contributed by atoms with Crippen molar-refractivity contribution in [1.82, 2.24) is 14.9 Å². The fourth-order valence-corrected chi connectivity index (χ4v) is 2.00. The van der Waals surface area contributed by atoms with E-state index in [0.717, 1.165) is 11.1 Å². The molecular formula is C15H17N3O2. The summed E-state index contributed by atoms with van der Waals surface area (Å²) in [5, 5.41) is 2.81. The standard InChI is InChI=1S/C15H17N3O2/c1-11-3-4-13(12(2)9-11)15(20)17-7-8-18-10-16-6-5-14(18)19/h3-6,9-10H,7-8H2,1-2H3,(H,17,20). The van der Waals surface area contributed by atoms with Crippen LogP contribution < -0.4 is 10.9 Å². The van der Waals surface area contributed by atoms with Gasteiger partial charge in [-0.2, -0.15) is 0 Å². The maximum absolute atomic E-state index is 12.0. The molecule has 0 saturated carbocycles. The van der Waals surface area contributed by atoms with Crippen molar-refractivity contribution >= 4 is 5.91 Å². The van der Waals surface area contributed by atoms with Crippen molar-refractivity contribution < 1.29 is 4.79 Å². The van der Waals surface area contributed by atoms with Gasteiger partial charge >= 0.3 is 0 Å². The molecule has 1 N–H and O–H groups in total. The lowest BCUT2D eigenvalue weighted by atomic mass is 10.1. The van der Waals surface area contributed by atoms with Crippen LogP contribution in [-0.2, 0) is 6.54 Å². The molecule has 104 valence electrons. The molecule has 5 heteroatoms. The normalized spacial score (nSPS) is 10.3. The second-order valence-corrected chi connectivity index (χ2v) is 4.69. The van der Waals surface area contributed by atoms with Gasteiger partial charge in [-0.15, -0.1) is 0 Å². The molecule has 0 saturated heterocycles. The van der Waals surface area contributed by atoms with Crippen LogP contribution in [0.2, 0.25) is 0 Å². The van der Waals surface area contributed by atoms with Gasteiger partial charge in [-0.1, -0.05) is 17.7 Å². The van der Waals surface area contributed by atoms with Gasteiger partial charge in [0.05, 0.1) is 6.33 Å². The minimum absolute atomic E-state index is 0.124.